The lowest BCUT2D eigenvalue weighted by Crippen LogP contribution is -2.36. The van der Waals surface area contributed by atoms with Gasteiger partial charge < -0.3 is 5.73 Å². The molecule has 3 aliphatic carbocycles. The predicted molar refractivity (Wildman–Crippen MR) is 86.8 cm³/mol. The van der Waals surface area contributed by atoms with Crippen molar-refractivity contribution in [2.75, 3.05) is 6.54 Å². The summed E-state index contributed by atoms with van der Waals surface area (Å²) in [5, 5.41) is 0. The molecule has 3 fully saturated rings. The molecule has 3 rings (SSSR count). The van der Waals surface area contributed by atoms with E-state index in [1.165, 1.54) is 51.4 Å². The highest BCUT2D eigenvalue weighted by Crippen LogP contribution is 2.46. The molecule has 0 amide bonds. The van der Waals surface area contributed by atoms with Gasteiger partial charge in [-0.05, 0) is 74.7 Å². The molecule has 0 spiro atoms. The van der Waals surface area contributed by atoms with Gasteiger partial charge in [-0.3, -0.25) is 0 Å². The first-order valence-corrected chi connectivity index (χ1v) is 9.62. The van der Waals surface area contributed by atoms with Gasteiger partial charge in [0.2, 0.25) is 0 Å². The van der Waals surface area contributed by atoms with Gasteiger partial charge in [-0.2, -0.15) is 0 Å². The zero-order valence-corrected chi connectivity index (χ0v) is 13.6. The van der Waals surface area contributed by atoms with Crippen LogP contribution in [0.4, 0.5) is 4.39 Å². The highest BCUT2D eigenvalue weighted by molar-refractivity contribution is 4.88. The van der Waals surface area contributed by atoms with Gasteiger partial charge in [0.15, 0.2) is 0 Å². The lowest BCUT2D eigenvalue weighted by Gasteiger charge is -2.43. The SMILES string of the molecule is NCC(CC1CCCCC1F)C1CCC2CCCCC2C1. The first-order valence-electron chi connectivity index (χ1n) is 9.62. The molecule has 0 aromatic heterocycles. The smallest absolute Gasteiger partial charge is 0.103 e. The first-order chi connectivity index (χ1) is 10.3. The average Bonchev–Trinajstić information content (AvgIpc) is 2.54. The van der Waals surface area contributed by atoms with E-state index in [0.717, 1.165) is 50.0 Å². The summed E-state index contributed by atoms with van der Waals surface area (Å²) in [7, 11) is 0. The fourth-order valence-corrected chi connectivity index (χ4v) is 5.64. The molecular formula is C19H34FN. The summed E-state index contributed by atoms with van der Waals surface area (Å²) in [6.07, 6.45) is 14.8. The molecule has 122 valence electrons. The zero-order chi connectivity index (χ0) is 14.7. The summed E-state index contributed by atoms with van der Waals surface area (Å²) in [6, 6.07) is 0. The van der Waals surface area contributed by atoms with Gasteiger partial charge in [0, 0.05) is 0 Å². The van der Waals surface area contributed by atoms with Crippen molar-refractivity contribution in [3.8, 4) is 0 Å². The second-order valence-corrected chi connectivity index (χ2v) is 8.17. The van der Waals surface area contributed by atoms with Crippen LogP contribution in [0, 0.1) is 29.6 Å². The molecule has 6 unspecified atom stereocenters. The maximum atomic E-state index is 14.1. The van der Waals surface area contributed by atoms with Crippen molar-refractivity contribution >= 4 is 0 Å². The van der Waals surface area contributed by atoms with Crippen LogP contribution in [-0.4, -0.2) is 12.7 Å². The third kappa shape index (κ3) is 3.81. The van der Waals surface area contributed by atoms with Crippen molar-refractivity contribution in [2.45, 2.75) is 83.2 Å². The van der Waals surface area contributed by atoms with Crippen LogP contribution in [0.25, 0.3) is 0 Å². The second-order valence-electron chi connectivity index (χ2n) is 8.17. The summed E-state index contributed by atoms with van der Waals surface area (Å²) >= 11 is 0. The topological polar surface area (TPSA) is 26.0 Å². The summed E-state index contributed by atoms with van der Waals surface area (Å²) in [5.74, 6) is 3.69. The van der Waals surface area contributed by atoms with Gasteiger partial charge in [-0.15, -0.1) is 0 Å². The van der Waals surface area contributed by atoms with E-state index in [9.17, 15) is 4.39 Å². The molecule has 2 heteroatoms. The quantitative estimate of drug-likeness (QED) is 0.768. The van der Waals surface area contributed by atoms with Crippen molar-refractivity contribution in [2.24, 2.45) is 35.3 Å². The number of hydrogen-bond acceptors (Lipinski definition) is 1. The van der Waals surface area contributed by atoms with E-state index < -0.39 is 6.17 Å². The average molecular weight is 295 g/mol. The Hall–Kier alpha value is -0.110. The van der Waals surface area contributed by atoms with Crippen molar-refractivity contribution < 1.29 is 4.39 Å². The Labute approximate surface area is 130 Å². The molecule has 0 saturated heterocycles. The largest absolute Gasteiger partial charge is 0.330 e. The molecule has 3 aliphatic rings. The summed E-state index contributed by atoms with van der Waals surface area (Å²) in [6.45, 7) is 0.783. The van der Waals surface area contributed by atoms with E-state index in [4.69, 9.17) is 5.73 Å². The normalized spacial score (nSPS) is 42.3. The second kappa shape index (κ2) is 7.44. The number of fused-ring (bicyclic) bond motifs is 1. The Balaban J connectivity index is 1.55. The molecule has 0 heterocycles. The lowest BCUT2D eigenvalue weighted by atomic mass is 9.63. The van der Waals surface area contributed by atoms with Gasteiger partial charge in [0.05, 0.1) is 0 Å². The Kier molecular flexibility index (Phi) is 5.59. The molecule has 0 aromatic rings. The van der Waals surface area contributed by atoms with Crippen molar-refractivity contribution in [3.63, 3.8) is 0 Å². The number of alkyl halides is 1. The number of rotatable bonds is 4. The Bertz CT molecular complexity index is 319. The lowest BCUT2D eigenvalue weighted by molar-refractivity contribution is 0.0740. The van der Waals surface area contributed by atoms with E-state index in [1.54, 1.807) is 0 Å². The molecule has 0 aromatic carbocycles. The van der Waals surface area contributed by atoms with Crippen LogP contribution in [0.5, 0.6) is 0 Å². The van der Waals surface area contributed by atoms with Crippen LogP contribution < -0.4 is 5.73 Å². The van der Waals surface area contributed by atoms with Gasteiger partial charge >= 0.3 is 0 Å². The minimum atomic E-state index is -0.543. The van der Waals surface area contributed by atoms with Crippen LogP contribution in [0.15, 0.2) is 0 Å². The van der Waals surface area contributed by atoms with Crippen LogP contribution in [-0.2, 0) is 0 Å². The summed E-state index contributed by atoms with van der Waals surface area (Å²) < 4.78 is 14.1. The monoisotopic (exact) mass is 295 g/mol. The Morgan fingerprint density at radius 1 is 0.857 bits per heavy atom. The van der Waals surface area contributed by atoms with E-state index in [1.807, 2.05) is 0 Å². The van der Waals surface area contributed by atoms with Gasteiger partial charge in [-0.1, -0.05) is 38.5 Å². The minimum Gasteiger partial charge on any atom is -0.330 e. The number of nitrogens with two attached hydrogens (primary N) is 1. The van der Waals surface area contributed by atoms with E-state index >= 15 is 0 Å². The molecule has 6 atom stereocenters. The first kappa shape index (κ1) is 15.8. The summed E-state index contributed by atoms with van der Waals surface area (Å²) in [5.41, 5.74) is 6.11. The number of halogens is 1. The highest BCUT2D eigenvalue weighted by atomic mass is 19.1. The molecule has 0 bridgehead atoms. The minimum absolute atomic E-state index is 0.316. The van der Waals surface area contributed by atoms with Crippen LogP contribution in [0.1, 0.15) is 77.0 Å². The van der Waals surface area contributed by atoms with E-state index in [2.05, 4.69) is 0 Å². The highest BCUT2D eigenvalue weighted by Gasteiger charge is 2.36. The third-order valence-corrected chi connectivity index (χ3v) is 6.97. The molecular weight excluding hydrogens is 261 g/mol. The fraction of sp³-hybridized carbons (Fsp3) is 1.00. The van der Waals surface area contributed by atoms with E-state index in [-0.39, 0.29) is 0 Å². The predicted octanol–water partition coefficient (Wildman–Crippen LogP) is 5.09. The summed E-state index contributed by atoms with van der Waals surface area (Å²) in [4.78, 5) is 0. The maximum Gasteiger partial charge on any atom is 0.103 e. The van der Waals surface area contributed by atoms with Gasteiger partial charge in [0.25, 0.3) is 0 Å². The Morgan fingerprint density at radius 3 is 2.33 bits per heavy atom. The molecule has 2 N–H and O–H groups in total. The van der Waals surface area contributed by atoms with Crippen molar-refractivity contribution in [3.05, 3.63) is 0 Å². The van der Waals surface area contributed by atoms with Crippen LogP contribution in [0.3, 0.4) is 0 Å². The molecule has 21 heavy (non-hydrogen) atoms. The van der Waals surface area contributed by atoms with E-state index in [0.29, 0.717) is 11.8 Å². The van der Waals surface area contributed by atoms with Gasteiger partial charge in [-0.25, -0.2) is 4.39 Å². The van der Waals surface area contributed by atoms with Gasteiger partial charge in [0.1, 0.15) is 6.17 Å². The Morgan fingerprint density at radius 2 is 1.57 bits per heavy atom. The molecule has 1 nitrogen and oxygen atoms in total. The fourth-order valence-electron chi connectivity index (χ4n) is 5.64. The maximum absolute atomic E-state index is 14.1. The van der Waals surface area contributed by atoms with Crippen LogP contribution >= 0.6 is 0 Å². The van der Waals surface area contributed by atoms with Crippen molar-refractivity contribution in [1.82, 2.24) is 0 Å². The van der Waals surface area contributed by atoms with Crippen molar-refractivity contribution in [1.29, 1.82) is 0 Å². The molecule has 3 saturated carbocycles. The standard InChI is InChI=1S/C19H34FN/c20-19-8-4-3-7-17(19)12-18(13-21)16-10-9-14-5-1-2-6-15(14)11-16/h14-19H,1-13,21H2. The zero-order valence-electron chi connectivity index (χ0n) is 13.6. The molecule has 0 aliphatic heterocycles. The number of hydrogen-bond donors (Lipinski definition) is 1. The third-order valence-electron chi connectivity index (χ3n) is 6.97. The van der Waals surface area contributed by atoms with Crippen LogP contribution in [0.2, 0.25) is 0 Å². The molecule has 0 radical (unpaired) electrons.